The van der Waals surface area contributed by atoms with E-state index in [1.165, 1.54) is 11.3 Å². The summed E-state index contributed by atoms with van der Waals surface area (Å²) in [6.07, 6.45) is 4.01. The van der Waals surface area contributed by atoms with Crippen molar-refractivity contribution in [3.05, 3.63) is 55.5 Å². The van der Waals surface area contributed by atoms with Crippen molar-refractivity contribution in [3.8, 4) is 0 Å². The Labute approximate surface area is 185 Å². The molecule has 29 heavy (non-hydrogen) atoms. The Morgan fingerprint density at radius 1 is 1.10 bits per heavy atom. The van der Waals surface area contributed by atoms with Gasteiger partial charge in [0.2, 0.25) is 0 Å². The molecule has 2 heterocycles. The van der Waals surface area contributed by atoms with Gasteiger partial charge in [-0.2, -0.15) is 4.98 Å². The third kappa shape index (κ3) is 5.17. The molecule has 8 heteroatoms. The van der Waals surface area contributed by atoms with Crippen LogP contribution in [0.5, 0.6) is 0 Å². The first-order chi connectivity index (χ1) is 14.1. The standard InChI is InChI=1S/C21H25Cl2N3O2S/c22-17-6-5-15(13-18(17)23)14-29-20-16-3-1-4-19(16)26(21(27)24-20)8-2-7-25-9-11-28-12-10-25/h5-6,13H,1-4,7-12,14H2. The molecular weight excluding hydrogens is 429 g/mol. The molecule has 2 aromatic rings. The summed E-state index contributed by atoms with van der Waals surface area (Å²) in [5, 5.41) is 1.98. The van der Waals surface area contributed by atoms with Crippen molar-refractivity contribution < 1.29 is 4.74 Å². The molecule has 1 aromatic carbocycles. The number of hydrogen-bond donors (Lipinski definition) is 0. The zero-order valence-corrected chi connectivity index (χ0v) is 18.7. The number of morpholine rings is 1. The van der Waals surface area contributed by atoms with Gasteiger partial charge in [0.25, 0.3) is 0 Å². The molecule has 1 aliphatic heterocycles. The van der Waals surface area contributed by atoms with Crippen molar-refractivity contribution in [2.45, 2.75) is 43.0 Å². The summed E-state index contributed by atoms with van der Waals surface area (Å²) in [7, 11) is 0. The van der Waals surface area contributed by atoms with Crippen molar-refractivity contribution in [2.24, 2.45) is 0 Å². The van der Waals surface area contributed by atoms with Crippen LogP contribution in [0, 0.1) is 0 Å². The van der Waals surface area contributed by atoms with Crippen molar-refractivity contribution in [1.29, 1.82) is 0 Å². The summed E-state index contributed by atoms with van der Waals surface area (Å²) in [4.78, 5) is 19.6. The highest BCUT2D eigenvalue weighted by Gasteiger charge is 2.22. The van der Waals surface area contributed by atoms with E-state index < -0.39 is 0 Å². The monoisotopic (exact) mass is 453 g/mol. The van der Waals surface area contributed by atoms with Crippen molar-refractivity contribution in [1.82, 2.24) is 14.5 Å². The highest BCUT2D eigenvalue weighted by atomic mass is 35.5. The lowest BCUT2D eigenvalue weighted by Gasteiger charge is -2.26. The number of rotatable bonds is 7. The van der Waals surface area contributed by atoms with E-state index in [1.54, 1.807) is 11.8 Å². The average Bonchev–Trinajstić information content (AvgIpc) is 3.21. The molecule has 0 N–H and O–H groups in total. The minimum atomic E-state index is -0.121. The van der Waals surface area contributed by atoms with Gasteiger partial charge in [-0.25, -0.2) is 4.79 Å². The van der Waals surface area contributed by atoms with Crippen molar-refractivity contribution in [2.75, 3.05) is 32.8 Å². The van der Waals surface area contributed by atoms with Crippen LogP contribution in [0.3, 0.4) is 0 Å². The highest BCUT2D eigenvalue weighted by Crippen LogP contribution is 2.32. The maximum atomic E-state index is 12.8. The zero-order valence-electron chi connectivity index (χ0n) is 16.3. The van der Waals surface area contributed by atoms with Crippen LogP contribution >= 0.6 is 35.0 Å². The Hall–Kier alpha value is -1.05. The third-order valence-corrected chi connectivity index (χ3v) is 7.35. The van der Waals surface area contributed by atoms with Crippen LogP contribution in [0.4, 0.5) is 0 Å². The molecule has 5 nitrogen and oxygen atoms in total. The summed E-state index contributed by atoms with van der Waals surface area (Å²) in [5.74, 6) is 0.719. The van der Waals surface area contributed by atoms with Gasteiger partial charge in [-0.15, -0.1) is 11.8 Å². The smallest absolute Gasteiger partial charge is 0.348 e. The molecule has 0 unspecified atom stereocenters. The average molecular weight is 454 g/mol. The maximum absolute atomic E-state index is 12.8. The van der Waals surface area contributed by atoms with Gasteiger partial charge in [0, 0.05) is 43.2 Å². The van der Waals surface area contributed by atoms with Crippen LogP contribution in [0.1, 0.15) is 29.7 Å². The van der Waals surface area contributed by atoms with Crippen molar-refractivity contribution in [3.63, 3.8) is 0 Å². The van der Waals surface area contributed by atoms with E-state index in [-0.39, 0.29) is 5.69 Å². The van der Waals surface area contributed by atoms with Gasteiger partial charge in [0.15, 0.2) is 0 Å². The second kappa shape index (κ2) is 9.84. The number of fused-ring (bicyclic) bond motifs is 1. The molecule has 0 atom stereocenters. The first kappa shape index (κ1) is 21.2. The van der Waals surface area contributed by atoms with Gasteiger partial charge >= 0.3 is 5.69 Å². The second-order valence-electron chi connectivity index (χ2n) is 7.47. The topological polar surface area (TPSA) is 47.4 Å². The van der Waals surface area contributed by atoms with Crippen LogP contribution in [-0.4, -0.2) is 47.3 Å². The minimum absolute atomic E-state index is 0.121. The Bertz CT molecular complexity index is 929. The molecule has 156 valence electrons. The summed E-state index contributed by atoms with van der Waals surface area (Å²) in [5.41, 5.74) is 3.39. The van der Waals surface area contributed by atoms with Gasteiger partial charge < -0.3 is 4.74 Å². The molecule has 0 bridgehead atoms. The van der Waals surface area contributed by atoms with Crippen LogP contribution in [0.15, 0.2) is 28.0 Å². The van der Waals surface area contributed by atoms with E-state index in [2.05, 4.69) is 9.88 Å². The summed E-state index contributed by atoms with van der Waals surface area (Å²) >= 11 is 13.7. The van der Waals surface area contributed by atoms with E-state index >= 15 is 0 Å². The number of thioether (sulfide) groups is 1. The number of hydrogen-bond acceptors (Lipinski definition) is 5. The Kier molecular flexibility index (Phi) is 7.19. The fourth-order valence-corrected chi connectivity index (χ4v) is 5.33. The van der Waals surface area contributed by atoms with Gasteiger partial charge in [0.1, 0.15) is 5.03 Å². The maximum Gasteiger partial charge on any atom is 0.348 e. The van der Waals surface area contributed by atoms with Crippen LogP contribution in [-0.2, 0) is 29.9 Å². The molecule has 1 fully saturated rings. The Balaban J connectivity index is 1.44. The predicted molar refractivity (Wildman–Crippen MR) is 118 cm³/mol. The second-order valence-corrected chi connectivity index (χ2v) is 9.25. The van der Waals surface area contributed by atoms with Gasteiger partial charge in [0.05, 0.1) is 23.3 Å². The first-order valence-electron chi connectivity index (χ1n) is 10.1. The number of benzene rings is 1. The quantitative estimate of drug-likeness (QED) is 0.467. The van der Waals surface area contributed by atoms with E-state index in [0.717, 1.165) is 81.4 Å². The number of ether oxygens (including phenoxy) is 1. The number of nitrogens with zero attached hydrogens (tertiary/aromatic N) is 3. The third-order valence-electron chi connectivity index (χ3n) is 5.52. The van der Waals surface area contributed by atoms with Crippen LogP contribution in [0.2, 0.25) is 10.0 Å². The summed E-state index contributed by atoms with van der Waals surface area (Å²) < 4.78 is 7.31. The first-order valence-corrected chi connectivity index (χ1v) is 11.9. The van der Waals surface area contributed by atoms with Gasteiger partial charge in [-0.05, 0) is 43.4 Å². The van der Waals surface area contributed by atoms with E-state index in [1.807, 2.05) is 22.8 Å². The molecule has 0 saturated carbocycles. The normalized spacial score (nSPS) is 16.9. The fraction of sp³-hybridized carbons (Fsp3) is 0.524. The molecular formula is C21H25Cl2N3O2S. The zero-order chi connectivity index (χ0) is 20.2. The van der Waals surface area contributed by atoms with Gasteiger partial charge in [-0.1, -0.05) is 29.3 Å². The predicted octanol–water partition coefficient (Wildman–Crippen LogP) is 4.05. The Morgan fingerprint density at radius 3 is 2.72 bits per heavy atom. The number of aromatic nitrogens is 2. The minimum Gasteiger partial charge on any atom is -0.379 e. The molecule has 1 aliphatic carbocycles. The molecule has 1 aromatic heterocycles. The van der Waals surface area contributed by atoms with E-state index in [4.69, 9.17) is 27.9 Å². The number of halogens is 2. The van der Waals surface area contributed by atoms with E-state index in [9.17, 15) is 4.79 Å². The van der Waals surface area contributed by atoms with E-state index in [0.29, 0.717) is 10.0 Å². The van der Waals surface area contributed by atoms with Crippen LogP contribution < -0.4 is 5.69 Å². The fourth-order valence-electron chi connectivity index (χ4n) is 3.99. The van der Waals surface area contributed by atoms with Crippen LogP contribution in [0.25, 0.3) is 0 Å². The SMILES string of the molecule is O=c1nc(SCc2ccc(Cl)c(Cl)c2)c2c(n1CCCN1CCOCC1)CCC2. The lowest BCUT2D eigenvalue weighted by molar-refractivity contribution is 0.0368. The summed E-state index contributed by atoms with van der Waals surface area (Å²) in [6.45, 7) is 5.32. The van der Waals surface area contributed by atoms with Crippen molar-refractivity contribution >= 4 is 35.0 Å². The lowest BCUT2D eigenvalue weighted by atomic mass is 10.2. The lowest BCUT2D eigenvalue weighted by Crippen LogP contribution is -2.37. The molecule has 2 aliphatic rings. The summed E-state index contributed by atoms with van der Waals surface area (Å²) in [6, 6.07) is 5.66. The molecule has 0 amide bonds. The molecule has 1 saturated heterocycles. The largest absolute Gasteiger partial charge is 0.379 e. The van der Waals surface area contributed by atoms with Gasteiger partial charge in [-0.3, -0.25) is 9.47 Å². The molecule has 0 spiro atoms. The molecule has 4 rings (SSSR count). The highest BCUT2D eigenvalue weighted by molar-refractivity contribution is 7.98. The molecule has 0 radical (unpaired) electrons. The Morgan fingerprint density at radius 2 is 1.93 bits per heavy atom.